The van der Waals surface area contributed by atoms with Crippen LogP contribution < -0.4 is 0 Å². The van der Waals surface area contributed by atoms with E-state index in [1.165, 1.54) is 44.9 Å². The molecule has 0 heterocycles. The maximum Gasteiger partial charge on any atom is 0.137 e. The molecule has 0 aliphatic rings. The lowest BCUT2D eigenvalue weighted by atomic mass is 10.0. The zero-order valence-electron chi connectivity index (χ0n) is 13.8. The summed E-state index contributed by atoms with van der Waals surface area (Å²) in [5.74, 6) is 0.362. The second-order valence-electron chi connectivity index (χ2n) is 6.09. The van der Waals surface area contributed by atoms with Crippen LogP contribution in [-0.2, 0) is 16.0 Å². The predicted octanol–water partition coefficient (Wildman–Crippen LogP) is 5.29. The van der Waals surface area contributed by atoms with Crippen LogP contribution in [0.25, 0.3) is 0 Å². The summed E-state index contributed by atoms with van der Waals surface area (Å²) in [6.07, 6.45) is 13.8. The van der Waals surface area contributed by atoms with Crippen LogP contribution in [0.4, 0.5) is 0 Å². The Morgan fingerprint density at radius 3 is 1.91 bits per heavy atom. The van der Waals surface area contributed by atoms with Gasteiger partial charge in [0.05, 0.1) is 0 Å². The first-order chi connectivity index (χ1) is 10.8. The zero-order valence-corrected chi connectivity index (χ0v) is 13.8. The van der Waals surface area contributed by atoms with E-state index in [-0.39, 0.29) is 0 Å². The normalized spacial score (nSPS) is 10.5. The van der Waals surface area contributed by atoms with E-state index in [0.717, 1.165) is 37.5 Å². The summed E-state index contributed by atoms with van der Waals surface area (Å²) < 4.78 is 0. The van der Waals surface area contributed by atoms with Crippen molar-refractivity contribution in [1.82, 2.24) is 0 Å². The van der Waals surface area contributed by atoms with E-state index in [2.05, 4.69) is 0 Å². The Hall–Kier alpha value is -1.44. The summed E-state index contributed by atoms with van der Waals surface area (Å²) in [6.45, 7) is 0. The Bertz CT molecular complexity index is 397. The van der Waals surface area contributed by atoms with Crippen molar-refractivity contribution in [3.8, 4) is 0 Å². The van der Waals surface area contributed by atoms with Crippen molar-refractivity contribution in [2.75, 3.05) is 0 Å². The third-order valence-corrected chi connectivity index (χ3v) is 4.02. The topological polar surface area (TPSA) is 34.1 Å². The van der Waals surface area contributed by atoms with Gasteiger partial charge in [-0.15, -0.1) is 0 Å². The van der Waals surface area contributed by atoms with Gasteiger partial charge in [-0.1, -0.05) is 75.3 Å². The quantitative estimate of drug-likeness (QED) is 0.346. The summed E-state index contributed by atoms with van der Waals surface area (Å²) in [5, 5.41) is 0. The summed E-state index contributed by atoms with van der Waals surface area (Å²) in [6, 6.07) is 10.00. The average molecular weight is 302 g/mol. The molecule has 0 unspecified atom stereocenters. The lowest BCUT2D eigenvalue weighted by molar-refractivity contribution is -0.118. The molecule has 0 aliphatic heterocycles. The highest BCUT2D eigenvalue weighted by molar-refractivity contribution is 5.80. The molecule has 0 aliphatic carbocycles. The third-order valence-electron chi connectivity index (χ3n) is 4.02. The van der Waals surface area contributed by atoms with Crippen molar-refractivity contribution >= 4 is 12.1 Å². The molecule has 0 spiro atoms. The molecule has 1 aromatic rings. The second kappa shape index (κ2) is 13.2. The van der Waals surface area contributed by atoms with Crippen molar-refractivity contribution in [2.24, 2.45) is 0 Å². The van der Waals surface area contributed by atoms with Crippen LogP contribution >= 0.6 is 0 Å². The summed E-state index contributed by atoms with van der Waals surface area (Å²) >= 11 is 0. The summed E-state index contributed by atoms with van der Waals surface area (Å²) in [7, 11) is 0. The molecule has 1 aromatic carbocycles. The van der Waals surface area contributed by atoms with Gasteiger partial charge in [0.15, 0.2) is 0 Å². The van der Waals surface area contributed by atoms with Gasteiger partial charge in [0.25, 0.3) is 0 Å². The van der Waals surface area contributed by atoms with E-state index < -0.39 is 0 Å². The minimum absolute atomic E-state index is 0.362. The first kappa shape index (κ1) is 18.6. The highest BCUT2D eigenvalue weighted by Crippen LogP contribution is 2.12. The molecule has 0 N–H and O–H groups in total. The van der Waals surface area contributed by atoms with Gasteiger partial charge in [-0.3, -0.25) is 4.79 Å². The van der Waals surface area contributed by atoms with Crippen LogP contribution in [0.15, 0.2) is 30.3 Å². The number of benzene rings is 1. The smallest absolute Gasteiger partial charge is 0.137 e. The van der Waals surface area contributed by atoms with Gasteiger partial charge in [-0.2, -0.15) is 0 Å². The van der Waals surface area contributed by atoms with Crippen LogP contribution in [-0.4, -0.2) is 12.1 Å². The minimum Gasteiger partial charge on any atom is -0.303 e. The number of hydrogen-bond acceptors (Lipinski definition) is 2. The highest BCUT2D eigenvalue weighted by atomic mass is 16.1. The fourth-order valence-electron chi connectivity index (χ4n) is 2.70. The number of aldehydes is 1. The van der Waals surface area contributed by atoms with Gasteiger partial charge in [-0.05, 0) is 18.4 Å². The molecule has 0 atom stereocenters. The number of Topliss-reactive ketones (excluding diaryl/α,β-unsaturated/α-hetero) is 1. The molecule has 0 radical (unpaired) electrons. The molecule has 2 nitrogen and oxygen atoms in total. The maximum atomic E-state index is 11.8. The van der Waals surface area contributed by atoms with Crippen molar-refractivity contribution in [2.45, 2.75) is 77.0 Å². The number of hydrogen-bond donors (Lipinski definition) is 0. The van der Waals surface area contributed by atoms with Gasteiger partial charge in [0.1, 0.15) is 12.1 Å². The molecule has 22 heavy (non-hydrogen) atoms. The van der Waals surface area contributed by atoms with E-state index >= 15 is 0 Å². The lowest BCUT2D eigenvalue weighted by Gasteiger charge is -2.03. The standard InChI is InChI=1S/C20H30O2/c21-17-13-8-6-4-2-1-3-5-7-12-16-20(22)18-19-14-10-9-11-15-19/h9-11,14-15,17H,1-8,12-13,16,18H2. The molecule has 1 rings (SSSR count). The number of carbonyl (C=O) groups excluding carboxylic acids is 2. The molecule has 0 saturated carbocycles. The Balaban J connectivity index is 1.87. The van der Waals surface area contributed by atoms with E-state index in [1.54, 1.807) is 0 Å². The van der Waals surface area contributed by atoms with Crippen LogP contribution in [0.3, 0.4) is 0 Å². The van der Waals surface area contributed by atoms with Crippen molar-refractivity contribution in [1.29, 1.82) is 0 Å². The van der Waals surface area contributed by atoms with E-state index in [1.807, 2.05) is 30.3 Å². The Kier molecular flexibility index (Phi) is 11.2. The molecular formula is C20H30O2. The highest BCUT2D eigenvalue weighted by Gasteiger charge is 2.03. The fraction of sp³-hybridized carbons (Fsp3) is 0.600. The minimum atomic E-state index is 0.362. The summed E-state index contributed by atoms with van der Waals surface area (Å²) in [5.41, 5.74) is 1.13. The Labute approximate surface area is 135 Å². The average Bonchev–Trinajstić information content (AvgIpc) is 2.53. The van der Waals surface area contributed by atoms with Gasteiger partial charge in [0.2, 0.25) is 0 Å². The lowest BCUT2D eigenvalue weighted by Crippen LogP contribution is -2.02. The molecule has 0 aromatic heterocycles. The van der Waals surface area contributed by atoms with Crippen LogP contribution in [0.1, 0.15) is 76.2 Å². The molecule has 122 valence electrons. The van der Waals surface area contributed by atoms with Gasteiger partial charge < -0.3 is 4.79 Å². The molecule has 0 fully saturated rings. The molecule has 0 amide bonds. The summed E-state index contributed by atoms with van der Waals surface area (Å²) in [4.78, 5) is 22.0. The van der Waals surface area contributed by atoms with E-state index in [4.69, 9.17) is 0 Å². The predicted molar refractivity (Wildman–Crippen MR) is 92.0 cm³/mol. The first-order valence-electron chi connectivity index (χ1n) is 8.82. The number of carbonyl (C=O) groups is 2. The number of ketones is 1. The van der Waals surface area contributed by atoms with Crippen LogP contribution in [0.5, 0.6) is 0 Å². The largest absolute Gasteiger partial charge is 0.303 e. The van der Waals surface area contributed by atoms with Crippen molar-refractivity contribution in [3.63, 3.8) is 0 Å². The molecule has 0 bridgehead atoms. The SMILES string of the molecule is O=CCCCCCCCCCCCC(=O)Cc1ccccc1. The van der Waals surface area contributed by atoms with Crippen LogP contribution in [0.2, 0.25) is 0 Å². The Morgan fingerprint density at radius 2 is 1.32 bits per heavy atom. The third kappa shape index (κ3) is 10.3. The van der Waals surface area contributed by atoms with Gasteiger partial charge in [-0.25, -0.2) is 0 Å². The first-order valence-corrected chi connectivity index (χ1v) is 8.82. The molecule has 0 saturated heterocycles. The fourth-order valence-corrected chi connectivity index (χ4v) is 2.70. The maximum absolute atomic E-state index is 11.8. The van der Waals surface area contributed by atoms with Gasteiger partial charge >= 0.3 is 0 Å². The zero-order chi connectivity index (χ0) is 15.9. The Morgan fingerprint density at radius 1 is 0.773 bits per heavy atom. The van der Waals surface area contributed by atoms with E-state index in [0.29, 0.717) is 12.2 Å². The van der Waals surface area contributed by atoms with Crippen molar-refractivity contribution in [3.05, 3.63) is 35.9 Å². The number of unbranched alkanes of at least 4 members (excludes halogenated alkanes) is 9. The van der Waals surface area contributed by atoms with E-state index in [9.17, 15) is 9.59 Å². The van der Waals surface area contributed by atoms with Gasteiger partial charge in [0, 0.05) is 19.3 Å². The van der Waals surface area contributed by atoms with Crippen molar-refractivity contribution < 1.29 is 9.59 Å². The van der Waals surface area contributed by atoms with Crippen LogP contribution in [0, 0.1) is 0 Å². The molecular weight excluding hydrogens is 272 g/mol. The molecule has 2 heteroatoms. The number of rotatable bonds is 14. The monoisotopic (exact) mass is 302 g/mol. The second-order valence-corrected chi connectivity index (χ2v) is 6.09.